The minimum Gasteiger partial charge on any atom is -0.471 e. The van der Waals surface area contributed by atoms with Gasteiger partial charge < -0.3 is 20.1 Å². The molecule has 1 aromatic carbocycles. The van der Waals surface area contributed by atoms with Crippen LogP contribution in [0.4, 0.5) is 28.9 Å². The first-order valence-electron chi connectivity index (χ1n) is 9.34. The zero-order valence-electron chi connectivity index (χ0n) is 16.1. The molecule has 2 N–H and O–H groups in total. The Labute approximate surface area is 183 Å². The van der Waals surface area contributed by atoms with Gasteiger partial charge in [-0.2, -0.15) is 14.0 Å². The van der Waals surface area contributed by atoms with Gasteiger partial charge in [0.25, 0.3) is 5.88 Å². The van der Waals surface area contributed by atoms with Crippen LogP contribution >= 0.6 is 11.6 Å². The van der Waals surface area contributed by atoms with E-state index < -0.39 is 29.0 Å². The Hall–Kier alpha value is -3.36. The number of hydrogen-bond acceptors (Lipinski definition) is 7. The maximum Gasteiger partial charge on any atom is 0.387 e. The smallest absolute Gasteiger partial charge is 0.387 e. The molecule has 0 radical (unpaired) electrons. The average Bonchev–Trinajstić information content (AvgIpc) is 3.27. The molecule has 1 atom stereocenters. The van der Waals surface area contributed by atoms with Crippen molar-refractivity contribution in [3.63, 3.8) is 0 Å². The number of pyridine rings is 2. The molecule has 32 heavy (non-hydrogen) atoms. The molecule has 166 valence electrons. The van der Waals surface area contributed by atoms with Crippen molar-refractivity contribution in [3.05, 3.63) is 46.6 Å². The normalized spacial score (nSPS) is 15.7. The fourth-order valence-corrected chi connectivity index (χ4v) is 3.41. The van der Waals surface area contributed by atoms with Gasteiger partial charge in [-0.15, -0.1) is 0 Å². The molecule has 3 heterocycles. The summed E-state index contributed by atoms with van der Waals surface area (Å²) in [6.07, 6.45) is 1.55. The highest BCUT2D eigenvalue weighted by molar-refractivity contribution is 6.32. The zero-order chi connectivity index (χ0) is 22.8. The lowest BCUT2D eigenvalue weighted by atomic mass is 10.1. The summed E-state index contributed by atoms with van der Waals surface area (Å²) in [5.74, 6) is -2.67. The van der Waals surface area contributed by atoms with E-state index in [2.05, 4.69) is 25.3 Å². The molecule has 12 heteroatoms. The summed E-state index contributed by atoms with van der Waals surface area (Å²) in [6.45, 7) is -1.94. The van der Waals surface area contributed by atoms with Crippen LogP contribution in [0.2, 0.25) is 5.02 Å². The lowest BCUT2D eigenvalue weighted by Gasteiger charge is -2.16. The van der Waals surface area contributed by atoms with E-state index in [-0.39, 0.29) is 40.0 Å². The van der Waals surface area contributed by atoms with Gasteiger partial charge >= 0.3 is 6.61 Å². The minimum absolute atomic E-state index is 0.0180. The number of nitrogens with zero attached hydrogens (tertiary/aromatic N) is 3. The van der Waals surface area contributed by atoms with E-state index >= 15 is 0 Å². The molecule has 1 fully saturated rings. The second-order valence-corrected chi connectivity index (χ2v) is 7.16. The fraction of sp³-hybridized carbons (Fsp3) is 0.250. The van der Waals surface area contributed by atoms with Crippen molar-refractivity contribution >= 4 is 34.0 Å². The fourth-order valence-electron chi connectivity index (χ4n) is 3.20. The molecule has 0 bridgehead atoms. The van der Waals surface area contributed by atoms with Crippen LogP contribution in [-0.4, -0.2) is 35.8 Å². The number of ether oxygens (including phenoxy) is 2. The molecule has 3 aromatic rings. The van der Waals surface area contributed by atoms with Gasteiger partial charge in [-0.1, -0.05) is 11.6 Å². The second kappa shape index (κ2) is 9.02. The zero-order valence-corrected chi connectivity index (χ0v) is 16.9. The van der Waals surface area contributed by atoms with Crippen molar-refractivity contribution in [2.45, 2.75) is 19.1 Å². The van der Waals surface area contributed by atoms with Crippen molar-refractivity contribution in [2.24, 2.45) is 0 Å². The second-order valence-electron chi connectivity index (χ2n) is 6.78. The predicted molar refractivity (Wildman–Crippen MR) is 107 cm³/mol. The number of alkyl halides is 2. The number of fused-ring (bicyclic) bond motifs is 1. The molecular weight excluding hydrogens is 454 g/mol. The predicted octanol–water partition coefficient (Wildman–Crippen LogP) is 4.52. The van der Waals surface area contributed by atoms with E-state index in [1.54, 1.807) is 0 Å². The maximum absolute atomic E-state index is 14.7. The van der Waals surface area contributed by atoms with Gasteiger partial charge in [-0.05, 0) is 25.1 Å². The van der Waals surface area contributed by atoms with Crippen LogP contribution in [0, 0.1) is 23.0 Å². The summed E-state index contributed by atoms with van der Waals surface area (Å²) in [5, 5.41) is 14.6. The first kappa shape index (κ1) is 21.9. The largest absolute Gasteiger partial charge is 0.471 e. The Morgan fingerprint density at radius 3 is 2.81 bits per heavy atom. The highest BCUT2D eigenvalue weighted by atomic mass is 35.5. The highest BCUT2D eigenvalue weighted by Gasteiger charge is 2.22. The van der Waals surface area contributed by atoms with Gasteiger partial charge in [-0.3, -0.25) is 4.98 Å². The standard InChI is InChI=1S/C20H14ClF4N5O2/c21-15-14(32-20(24)25)2-1-12(16(15)23)29-17-9(6-26)7-28-13-5-11(22)19(30-18(13)17)31-10-3-4-27-8-10/h1-2,5,7,10,20,27H,3-4,8H2,(H,28,29)/t10-/m0/s1. The molecular formula is C20H14ClF4N5O2. The van der Waals surface area contributed by atoms with Crippen molar-refractivity contribution in [3.8, 4) is 17.7 Å². The monoisotopic (exact) mass is 467 g/mol. The van der Waals surface area contributed by atoms with Gasteiger partial charge in [0.15, 0.2) is 11.6 Å². The topological polar surface area (TPSA) is 92.1 Å². The summed E-state index contributed by atoms with van der Waals surface area (Å²) in [5.41, 5.74) is -0.105. The molecule has 1 saturated heterocycles. The van der Waals surface area contributed by atoms with Crippen molar-refractivity contribution in [1.29, 1.82) is 5.26 Å². The van der Waals surface area contributed by atoms with Crippen LogP contribution in [0.3, 0.4) is 0 Å². The molecule has 1 aliphatic rings. The van der Waals surface area contributed by atoms with Gasteiger partial charge in [0, 0.05) is 18.8 Å². The van der Waals surface area contributed by atoms with Crippen LogP contribution in [0.5, 0.6) is 11.6 Å². The summed E-state index contributed by atoms with van der Waals surface area (Å²) in [6, 6.07) is 5.14. The lowest BCUT2D eigenvalue weighted by molar-refractivity contribution is -0.0499. The summed E-state index contributed by atoms with van der Waals surface area (Å²) in [4.78, 5) is 8.19. The average molecular weight is 468 g/mol. The third kappa shape index (κ3) is 4.32. The van der Waals surface area contributed by atoms with E-state index in [9.17, 15) is 22.8 Å². The van der Waals surface area contributed by atoms with E-state index in [0.717, 1.165) is 24.7 Å². The third-order valence-electron chi connectivity index (χ3n) is 4.70. The van der Waals surface area contributed by atoms with Gasteiger partial charge in [-0.25, -0.2) is 13.8 Å². The molecule has 1 aliphatic heterocycles. The van der Waals surface area contributed by atoms with E-state index in [0.29, 0.717) is 13.0 Å². The Bertz CT molecular complexity index is 1220. The van der Waals surface area contributed by atoms with Gasteiger partial charge in [0.2, 0.25) is 0 Å². The first-order chi connectivity index (χ1) is 15.4. The summed E-state index contributed by atoms with van der Waals surface area (Å²) in [7, 11) is 0. The van der Waals surface area contributed by atoms with Crippen molar-refractivity contribution < 1.29 is 27.0 Å². The Balaban J connectivity index is 1.77. The lowest BCUT2D eigenvalue weighted by Crippen LogP contribution is -2.20. The molecule has 0 saturated carbocycles. The number of rotatable bonds is 6. The number of aromatic nitrogens is 2. The van der Waals surface area contributed by atoms with Crippen molar-refractivity contribution in [1.82, 2.24) is 15.3 Å². The molecule has 4 rings (SSSR count). The summed E-state index contributed by atoms with van der Waals surface area (Å²) < 4.78 is 63.9. The van der Waals surface area contributed by atoms with Gasteiger partial charge in [0.05, 0.1) is 22.5 Å². The van der Waals surface area contributed by atoms with Crippen LogP contribution in [0.1, 0.15) is 12.0 Å². The number of anilines is 2. The number of nitrogens with one attached hydrogen (secondary N) is 2. The molecule has 0 unspecified atom stereocenters. The Morgan fingerprint density at radius 2 is 2.12 bits per heavy atom. The molecule has 2 aromatic heterocycles. The van der Waals surface area contributed by atoms with E-state index in [1.807, 2.05) is 6.07 Å². The van der Waals surface area contributed by atoms with Crippen LogP contribution in [0.15, 0.2) is 24.4 Å². The maximum atomic E-state index is 14.7. The number of hydrogen-bond donors (Lipinski definition) is 2. The van der Waals surface area contributed by atoms with Crippen LogP contribution < -0.4 is 20.1 Å². The highest BCUT2D eigenvalue weighted by Crippen LogP contribution is 2.36. The number of halogens is 5. The van der Waals surface area contributed by atoms with Crippen LogP contribution in [0.25, 0.3) is 11.0 Å². The molecule has 7 nitrogen and oxygen atoms in total. The number of nitriles is 1. The van der Waals surface area contributed by atoms with E-state index in [1.165, 1.54) is 6.20 Å². The third-order valence-corrected chi connectivity index (χ3v) is 5.05. The Kier molecular flexibility index (Phi) is 6.16. The molecule has 0 amide bonds. The molecule has 0 aliphatic carbocycles. The summed E-state index contributed by atoms with van der Waals surface area (Å²) >= 11 is 5.80. The van der Waals surface area contributed by atoms with Crippen LogP contribution in [-0.2, 0) is 0 Å². The quantitative estimate of drug-likeness (QED) is 0.515. The number of benzene rings is 1. The SMILES string of the molecule is N#Cc1cnc2cc(F)c(O[C@H]3CCNC3)nc2c1Nc1ccc(OC(F)F)c(Cl)c1F. The first-order valence-corrected chi connectivity index (χ1v) is 9.71. The van der Waals surface area contributed by atoms with Gasteiger partial charge in [0.1, 0.15) is 28.5 Å². The van der Waals surface area contributed by atoms with E-state index in [4.69, 9.17) is 16.3 Å². The molecule has 0 spiro atoms. The Morgan fingerprint density at radius 1 is 1.31 bits per heavy atom. The minimum atomic E-state index is -3.19. The van der Waals surface area contributed by atoms with Crippen molar-refractivity contribution in [2.75, 3.05) is 18.4 Å².